The van der Waals surface area contributed by atoms with Crippen molar-refractivity contribution in [3.8, 4) is 5.75 Å². The van der Waals surface area contributed by atoms with Crippen molar-refractivity contribution in [2.45, 2.75) is 19.8 Å². The Hall–Kier alpha value is -1.79. The Kier molecular flexibility index (Phi) is 8.57. The molecule has 0 saturated heterocycles. The highest BCUT2D eigenvalue weighted by Gasteiger charge is 2.21. The van der Waals surface area contributed by atoms with Crippen molar-refractivity contribution in [3.05, 3.63) is 24.3 Å². The molecule has 7 heteroatoms. The lowest BCUT2D eigenvalue weighted by Crippen LogP contribution is -2.42. The third-order valence-corrected chi connectivity index (χ3v) is 3.83. The van der Waals surface area contributed by atoms with E-state index in [9.17, 15) is 9.59 Å². The summed E-state index contributed by atoms with van der Waals surface area (Å²) in [4.78, 5) is 25.8. The molecule has 1 aromatic rings. The summed E-state index contributed by atoms with van der Waals surface area (Å²) in [6, 6.07) is 7.14. The van der Waals surface area contributed by atoms with E-state index in [1.54, 1.807) is 30.2 Å². The van der Waals surface area contributed by atoms with Crippen LogP contribution in [0.5, 0.6) is 5.75 Å². The number of hydrogen-bond donors (Lipinski definition) is 2. The Labute approximate surface area is 149 Å². The molecule has 0 atom stereocenters. The van der Waals surface area contributed by atoms with E-state index < -0.39 is 0 Å². The van der Waals surface area contributed by atoms with Crippen LogP contribution in [0.4, 0.5) is 5.69 Å². The fourth-order valence-corrected chi connectivity index (χ4v) is 2.27. The highest BCUT2D eigenvalue weighted by atomic mass is 35.5. The van der Waals surface area contributed by atoms with Gasteiger partial charge in [0.1, 0.15) is 5.75 Å². The molecule has 0 spiro atoms. The van der Waals surface area contributed by atoms with Gasteiger partial charge in [-0.1, -0.05) is 6.07 Å². The van der Waals surface area contributed by atoms with Crippen LogP contribution in [0.2, 0.25) is 0 Å². The van der Waals surface area contributed by atoms with Gasteiger partial charge in [-0.2, -0.15) is 0 Å². The first kappa shape index (κ1) is 20.3. The summed E-state index contributed by atoms with van der Waals surface area (Å²) in [7, 11) is 1.58. The lowest BCUT2D eigenvalue weighted by molar-refractivity contribution is -0.133. The highest BCUT2D eigenvalue weighted by molar-refractivity contribution is 5.94. The molecule has 0 heterocycles. The monoisotopic (exact) mass is 355 g/mol. The van der Waals surface area contributed by atoms with E-state index in [1.165, 1.54) is 12.8 Å². The number of methoxy groups -OCH3 is 1. The Morgan fingerprint density at radius 3 is 2.71 bits per heavy atom. The van der Waals surface area contributed by atoms with Crippen LogP contribution in [0.15, 0.2) is 24.3 Å². The van der Waals surface area contributed by atoms with Gasteiger partial charge in [0.2, 0.25) is 11.8 Å². The van der Waals surface area contributed by atoms with E-state index in [0.717, 1.165) is 12.5 Å². The third kappa shape index (κ3) is 6.76. The maximum atomic E-state index is 12.1. The van der Waals surface area contributed by atoms with Gasteiger partial charge < -0.3 is 20.3 Å². The van der Waals surface area contributed by atoms with Gasteiger partial charge in [0, 0.05) is 18.3 Å². The van der Waals surface area contributed by atoms with Crippen LogP contribution in [-0.4, -0.2) is 50.0 Å². The van der Waals surface area contributed by atoms with E-state index >= 15 is 0 Å². The molecule has 2 amide bonds. The summed E-state index contributed by atoms with van der Waals surface area (Å²) in [6.45, 7) is 3.61. The second kappa shape index (κ2) is 10.2. The highest BCUT2D eigenvalue weighted by Crippen LogP contribution is 2.27. The molecular weight excluding hydrogens is 330 g/mol. The van der Waals surface area contributed by atoms with Crippen molar-refractivity contribution < 1.29 is 14.3 Å². The number of rotatable bonds is 9. The quantitative estimate of drug-likeness (QED) is 0.709. The Morgan fingerprint density at radius 2 is 2.08 bits per heavy atom. The predicted molar refractivity (Wildman–Crippen MR) is 96.7 cm³/mol. The number of carbonyl (C=O) groups is 2. The van der Waals surface area contributed by atoms with Crippen molar-refractivity contribution in [1.82, 2.24) is 10.2 Å². The molecule has 1 aromatic carbocycles. The smallest absolute Gasteiger partial charge is 0.243 e. The van der Waals surface area contributed by atoms with Crippen LogP contribution in [0.1, 0.15) is 19.8 Å². The topological polar surface area (TPSA) is 70.7 Å². The van der Waals surface area contributed by atoms with Crippen molar-refractivity contribution in [2.24, 2.45) is 5.92 Å². The summed E-state index contributed by atoms with van der Waals surface area (Å²) in [5, 5.41) is 5.95. The molecule has 0 aromatic heterocycles. The van der Waals surface area contributed by atoms with Crippen molar-refractivity contribution in [3.63, 3.8) is 0 Å². The molecule has 2 N–H and O–H groups in total. The standard InChI is InChI=1S/C17H25N3O3.ClH/c1-3-20(17(22)11-18-10-13-7-8-13)12-16(21)19-14-5-4-6-15(9-14)23-2;/h4-6,9,13,18H,3,7-8,10-12H2,1-2H3,(H,19,21);1H. The van der Waals surface area contributed by atoms with Crippen LogP contribution in [0.25, 0.3) is 0 Å². The molecule has 0 radical (unpaired) electrons. The SMILES string of the molecule is CCN(CC(=O)Nc1cccc(OC)c1)C(=O)CNCC1CC1.Cl. The van der Waals surface area contributed by atoms with Gasteiger partial charge in [-0.05, 0) is 44.4 Å². The van der Waals surface area contributed by atoms with Crippen LogP contribution >= 0.6 is 12.4 Å². The van der Waals surface area contributed by atoms with Crippen molar-refractivity contribution in [2.75, 3.05) is 38.6 Å². The van der Waals surface area contributed by atoms with Gasteiger partial charge >= 0.3 is 0 Å². The zero-order valence-corrected chi connectivity index (χ0v) is 15.0. The van der Waals surface area contributed by atoms with Gasteiger partial charge in [0.25, 0.3) is 0 Å². The molecule has 6 nitrogen and oxygen atoms in total. The van der Waals surface area contributed by atoms with Gasteiger partial charge in [0.05, 0.1) is 20.2 Å². The largest absolute Gasteiger partial charge is 0.497 e. The molecule has 24 heavy (non-hydrogen) atoms. The second-order valence-electron chi connectivity index (χ2n) is 5.76. The van der Waals surface area contributed by atoms with Crippen LogP contribution < -0.4 is 15.4 Å². The minimum absolute atomic E-state index is 0. The molecule has 0 bridgehead atoms. The maximum absolute atomic E-state index is 12.1. The molecule has 1 fully saturated rings. The molecule has 2 rings (SSSR count). The van der Waals surface area contributed by atoms with Crippen molar-refractivity contribution in [1.29, 1.82) is 0 Å². The summed E-state index contributed by atoms with van der Waals surface area (Å²) in [6.07, 6.45) is 2.50. The fraction of sp³-hybridized carbons (Fsp3) is 0.529. The van der Waals surface area contributed by atoms with Gasteiger partial charge in [-0.25, -0.2) is 0 Å². The van der Waals surface area contributed by atoms with E-state index in [0.29, 0.717) is 18.0 Å². The van der Waals surface area contributed by atoms with Crippen LogP contribution in [0, 0.1) is 5.92 Å². The van der Waals surface area contributed by atoms with Gasteiger partial charge in [0.15, 0.2) is 0 Å². The average molecular weight is 356 g/mol. The summed E-state index contributed by atoms with van der Waals surface area (Å²) in [5.74, 6) is 1.15. The van der Waals surface area contributed by atoms with Crippen LogP contribution in [-0.2, 0) is 9.59 Å². The summed E-state index contributed by atoms with van der Waals surface area (Å²) < 4.78 is 5.12. The number of likely N-dealkylation sites (N-methyl/N-ethyl adjacent to an activating group) is 1. The van der Waals surface area contributed by atoms with E-state index in [-0.39, 0.29) is 37.3 Å². The number of anilines is 1. The Bertz CT molecular complexity index is 550. The van der Waals surface area contributed by atoms with E-state index in [1.807, 2.05) is 13.0 Å². The van der Waals surface area contributed by atoms with E-state index in [4.69, 9.17) is 4.74 Å². The first-order valence-electron chi connectivity index (χ1n) is 8.04. The first-order valence-corrected chi connectivity index (χ1v) is 8.04. The minimum atomic E-state index is -0.212. The first-order chi connectivity index (χ1) is 11.1. The number of ether oxygens (including phenoxy) is 1. The second-order valence-corrected chi connectivity index (χ2v) is 5.76. The lowest BCUT2D eigenvalue weighted by Gasteiger charge is -2.20. The number of halogens is 1. The molecule has 1 aliphatic carbocycles. The van der Waals surface area contributed by atoms with E-state index in [2.05, 4.69) is 10.6 Å². The number of hydrogen-bond acceptors (Lipinski definition) is 4. The molecule has 1 saturated carbocycles. The lowest BCUT2D eigenvalue weighted by atomic mass is 10.3. The molecular formula is C17H26ClN3O3. The van der Waals surface area contributed by atoms with Gasteiger partial charge in [-0.15, -0.1) is 12.4 Å². The molecule has 1 aliphatic rings. The number of benzene rings is 1. The Morgan fingerprint density at radius 1 is 1.33 bits per heavy atom. The number of nitrogens with one attached hydrogen (secondary N) is 2. The Balaban J connectivity index is 0.00000288. The zero-order valence-electron chi connectivity index (χ0n) is 14.2. The summed E-state index contributed by atoms with van der Waals surface area (Å²) >= 11 is 0. The predicted octanol–water partition coefficient (Wildman–Crippen LogP) is 1.90. The zero-order chi connectivity index (χ0) is 16.7. The number of carbonyl (C=O) groups excluding carboxylic acids is 2. The molecule has 0 unspecified atom stereocenters. The normalized spacial score (nSPS) is 12.9. The van der Waals surface area contributed by atoms with Crippen LogP contribution in [0.3, 0.4) is 0 Å². The maximum Gasteiger partial charge on any atom is 0.243 e. The molecule has 134 valence electrons. The summed E-state index contributed by atoms with van der Waals surface area (Å²) in [5.41, 5.74) is 0.657. The van der Waals surface area contributed by atoms with Gasteiger partial charge in [-0.3, -0.25) is 9.59 Å². The minimum Gasteiger partial charge on any atom is -0.497 e. The molecule has 0 aliphatic heterocycles. The number of amides is 2. The van der Waals surface area contributed by atoms with Crippen molar-refractivity contribution >= 4 is 29.9 Å². The third-order valence-electron chi connectivity index (χ3n) is 3.83. The number of nitrogens with zero attached hydrogens (tertiary/aromatic N) is 1. The fourth-order valence-electron chi connectivity index (χ4n) is 2.27. The average Bonchev–Trinajstić information content (AvgIpc) is 3.36.